The Morgan fingerprint density at radius 2 is 1.89 bits per heavy atom. The Morgan fingerprint density at radius 1 is 1.26 bits per heavy atom. The van der Waals surface area contributed by atoms with Gasteiger partial charge >= 0.3 is 6.09 Å². The summed E-state index contributed by atoms with van der Waals surface area (Å²) >= 11 is 3.37. The zero-order valence-corrected chi connectivity index (χ0v) is 18.1. The monoisotopic (exact) mass is 439 g/mol. The minimum absolute atomic E-state index is 0.0914. The van der Waals surface area contributed by atoms with Gasteiger partial charge in [0.1, 0.15) is 6.04 Å². The molecule has 1 aromatic carbocycles. The Labute approximate surface area is 169 Å². The number of hydrogen-bond donors (Lipinski definition) is 2. The van der Waals surface area contributed by atoms with E-state index in [1.54, 1.807) is 17.0 Å². The van der Waals surface area contributed by atoms with Gasteiger partial charge in [0, 0.05) is 10.0 Å². The first-order valence-electron chi connectivity index (χ1n) is 9.38. The van der Waals surface area contributed by atoms with Crippen molar-refractivity contribution in [2.45, 2.75) is 64.5 Å². The van der Waals surface area contributed by atoms with E-state index >= 15 is 0 Å². The molecule has 1 saturated carbocycles. The molecule has 7 heteroatoms. The number of rotatable bonds is 4. The number of carbonyl (C=O) groups excluding carboxylic acids is 2. The largest absolute Gasteiger partial charge is 0.453 e. The van der Waals surface area contributed by atoms with Crippen molar-refractivity contribution in [1.82, 2.24) is 4.90 Å². The van der Waals surface area contributed by atoms with Gasteiger partial charge in [-0.1, -0.05) is 35.2 Å². The molecule has 0 bridgehead atoms. The van der Waals surface area contributed by atoms with E-state index in [-0.39, 0.29) is 11.8 Å². The minimum Gasteiger partial charge on any atom is -0.453 e. The Morgan fingerprint density at radius 3 is 2.41 bits per heavy atom. The predicted molar refractivity (Wildman–Crippen MR) is 112 cm³/mol. The zero-order chi connectivity index (χ0) is 20.2. The first-order chi connectivity index (χ1) is 12.6. The third-order valence-corrected chi connectivity index (χ3v) is 5.50. The third kappa shape index (κ3) is 5.37. The van der Waals surface area contributed by atoms with Crippen molar-refractivity contribution >= 4 is 39.3 Å². The van der Waals surface area contributed by atoms with E-state index in [2.05, 4.69) is 21.2 Å². The number of nitrogens with zero attached hydrogens (tertiary/aromatic N) is 1. The van der Waals surface area contributed by atoms with E-state index in [1.807, 2.05) is 26.8 Å². The van der Waals surface area contributed by atoms with E-state index in [4.69, 9.17) is 10.5 Å². The summed E-state index contributed by atoms with van der Waals surface area (Å²) in [4.78, 5) is 27.5. The molecule has 2 amide bonds. The molecule has 0 saturated heterocycles. The van der Waals surface area contributed by atoms with Crippen LogP contribution < -0.4 is 11.1 Å². The quantitative estimate of drug-likeness (QED) is 0.660. The number of nitrogen functional groups attached to an aromatic ring is 1. The van der Waals surface area contributed by atoms with Crippen LogP contribution in [0.15, 0.2) is 22.7 Å². The molecule has 0 aromatic heterocycles. The first kappa shape index (κ1) is 21.5. The summed E-state index contributed by atoms with van der Waals surface area (Å²) in [6.45, 7) is 5.75. The van der Waals surface area contributed by atoms with Crippen LogP contribution in [0.25, 0.3) is 0 Å². The smallest absolute Gasteiger partial charge is 0.410 e. The van der Waals surface area contributed by atoms with Crippen LogP contribution in [0.5, 0.6) is 0 Å². The topological polar surface area (TPSA) is 84.7 Å². The van der Waals surface area contributed by atoms with Gasteiger partial charge in [-0.3, -0.25) is 9.69 Å². The summed E-state index contributed by atoms with van der Waals surface area (Å²) in [6, 6.07) is 4.71. The second-order valence-electron chi connectivity index (χ2n) is 8.07. The van der Waals surface area contributed by atoms with Crippen molar-refractivity contribution in [3.05, 3.63) is 22.7 Å². The van der Waals surface area contributed by atoms with E-state index in [1.165, 1.54) is 7.11 Å². The van der Waals surface area contributed by atoms with Crippen molar-refractivity contribution < 1.29 is 14.3 Å². The van der Waals surface area contributed by atoms with Crippen LogP contribution in [0.4, 0.5) is 16.2 Å². The predicted octanol–water partition coefficient (Wildman–Crippen LogP) is 4.79. The lowest BCUT2D eigenvalue weighted by Crippen LogP contribution is -2.59. The molecule has 1 aliphatic rings. The summed E-state index contributed by atoms with van der Waals surface area (Å²) in [5.41, 5.74) is 6.51. The van der Waals surface area contributed by atoms with Crippen LogP contribution in [-0.2, 0) is 9.53 Å². The van der Waals surface area contributed by atoms with Gasteiger partial charge in [0.25, 0.3) is 0 Å². The molecule has 0 radical (unpaired) electrons. The molecule has 150 valence electrons. The second kappa shape index (κ2) is 8.95. The molecule has 1 atom stereocenters. The van der Waals surface area contributed by atoms with Gasteiger partial charge < -0.3 is 15.8 Å². The maximum atomic E-state index is 13.3. The third-order valence-electron chi connectivity index (χ3n) is 5.01. The Kier molecular flexibility index (Phi) is 7.14. The normalized spacial score (nSPS) is 16.5. The number of hydrogen-bond acceptors (Lipinski definition) is 4. The molecule has 0 aliphatic heterocycles. The fourth-order valence-corrected chi connectivity index (χ4v) is 4.13. The van der Waals surface area contributed by atoms with Crippen molar-refractivity contribution in [3.8, 4) is 0 Å². The molecule has 6 nitrogen and oxygen atoms in total. The molecule has 27 heavy (non-hydrogen) atoms. The van der Waals surface area contributed by atoms with Gasteiger partial charge in [-0.25, -0.2) is 4.79 Å². The molecule has 0 heterocycles. The van der Waals surface area contributed by atoms with Crippen LogP contribution in [0.3, 0.4) is 0 Å². The van der Waals surface area contributed by atoms with Gasteiger partial charge in [-0.15, -0.1) is 0 Å². The highest BCUT2D eigenvalue weighted by Gasteiger charge is 2.43. The molecule has 0 spiro atoms. The van der Waals surface area contributed by atoms with Crippen LogP contribution in [-0.4, -0.2) is 35.6 Å². The lowest BCUT2D eigenvalue weighted by atomic mass is 9.81. The fourth-order valence-electron chi connectivity index (χ4n) is 3.75. The Bertz CT molecular complexity index is 682. The SMILES string of the molecule is COC(=O)N([C@@H](C(=O)Nc1ccc(Br)cc1N)C1CCCCC1)C(C)(C)C. The second-order valence-corrected chi connectivity index (χ2v) is 8.99. The van der Waals surface area contributed by atoms with Crippen molar-refractivity contribution in [2.75, 3.05) is 18.2 Å². The van der Waals surface area contributed by atoms with Crippen molar-refractivity contribution in [1.29, 1.82) is 0 Å². The maximum Gasteiger partial charge on any atom is 0.410 e. The highest BCUT2D eigenvalue weighted by Crippen LogP contribution is 2.34. The fraction of sp³-hybridized carbons (Fsp3) is 0.600. The molecular weight excluding hydrogens is 410 g/mol. The van der Waals surface area contributed by atoms with Crippen molar-refractivity contribution in [3.63, 3.8) is 0 Å². The Hall–Kier alpha value is -1.76. The van der Waals surface area contributed by atoms with E-state index < -0.39 is 17.7 Å². The molecule has 1 aliphatic carbocycles. The minimum atomic E-state index is -0.610. The summed E-state index contributed by atoms with van der Waals surface area (Å²) in [6.07, 6.45) is 4.63. The number of carbonyl (C=O) groups is 2. The van der Waals surface area contributed by atoms with Gasteiger partial charge in [0.2, 0.25) is 5.91 Å². The van der Waals surface area contributed by atoms with Gasteiger partial charge in [-0.05, 0) is 57.7 Å². The zero-order valence-electron chi connectivity index (χ0n) is 16.5. The maximum absolute atomic E-state index is 13.3. The molecule has 2 rings (SSSR count). The number of nitrogens with one attached hydrogen (secondary N) is 1. The Balaban J connectivity index is 2.38. The summed E-state index contributed by atoms with van der Waals surface area (Å²) < 4.78 is 5.87. The number of benzene rings is 1. The molecule has 3 N–H and O–H groups in total. The molecule has 1 aromatic rings. The van der Waals surface area contributed by atoms with Crippen LogP contribution in [0.1, 0.15) is 52.9 Å². The van der Waals surface area contributed by atoms with Crippen LogP contribution in [0.2, 0.25) is 0 Å². The van der Waals surface area contributed by atoms with Gasteiger partial charge in [-0.2, -0.15) is 0 Å². The van der Waals surface area contributed by atoms with Gasteiger partial charge in [0.05, 0.1) is 18.5 Å². The van der Waals surface area contributed by atoms with E-state index in [0.29, 0.717) is 11.4 Å². The summed E-state index contributed by atoms with van der Waals surface area (Å²) in [5.74, 6) is -0.134. The van der Waals surface area contributed by atoms with Crippen LogP contribution in [0, 0.1) is 5.92 Å². The first-order valence-corrected chi connectivity index (χ1v) is 10.2. The van der Waals surface area contributed by atoms with E-state index in [0.717, 1.165) is 36.6 Å². The number of nitrogens with two attached hydrogens (primary N) is 1. The number of ether oxygens (including phenoxy) is 1. The number of anilines is 2. The number of amides is 2. The van der Waals surface area contributed by atoms with E-state index in [9.17, 15) is 9.59 Å². The molecular formula is C20H30BrN3O3. The number of halogens is 1. The summed E-state index contributed by atoms with van der Waals surface area (Å²) in [5, 5.41) is 2.93. The average molecular weight is 440 g/mol. The lowest BCUT2D eigenvalue weighted by molar-refractivity contribution is -0.125. The van der Waals surface area contributed by atoms with Crippen LogP contribution >= 0.6 is 15.9 Å². The average Bonchev–Trinajstić information content (AvgIpc) is 2.61. The number of methoxy groups -OCH3 is 1. The summed E-state index contributed by atoms with van der Waals surface area (Å²) in [7, 11) is 1.35. The van der Waals surface area contributed by atoms with Crippen molar-refractivity contribution in [2.24, 2.45) is 5.92 Å². The highest BCUT2D eigenvalue weighted by atomic mass is 79.9. The highest BCUT2D eigenvalue weighted by molar-refractivity contribution is 9.10. The lowest BCUT2D eigenvalue weighted by Gasteiger charge is -2.43. The molecule has 1 fully saturated rings. The standard InChI is InChI=1S/C20H30BrN3O3/c1-20(2,3)24(19(26)27-4)17(13-8-6-5-7-9-13)18(25)23-16-11-10-14(21)12-15(16)22/h10-13,17H,5-9,22H2,1-4H3,(H,23,25)/t17-/m1/s1. The molecule has 0 unspecified atom stereocenters. The van der Waals surface area contributed by atoms with Gasteiger partial charge in [0.15, 0.2) is 0 Å².